The molecular weight excluding hydrogens is 178 g/mol. The molecule has 0 aliphatic heterocycles. The van der Waals surface area contributed by atoms with Gasteiger partial charge in [-0.1, -0.05) is 0 Å². The van der Waals surface area contributed by atoms with E-state index in [-0.39, 0.29) is 25.0 Å². The largest absolute Gasteiger partial charge is 0.329 e. The average molecular weight is 190 g/mol. The second-order valence-electron chi connectivity index (χ2n) is 1.80. The van der Waals surface area contributed by atoms with Gasteiger partial charge in [-0.15, -0.1) is 12.4 Å². The average Bonchev–Trinajstić information content (AvgIpc) is 1.62. The molecule has 0 aromatic carbocycles. The first-order valence-corrected chi connectivity index (χ1v) is 4.00. The second kappa shape index (κ2) is 4.86. The summed E-state index contributed by atoms with van der Waals surface area (Å²) in [5.74, 6) is 0. The van der Waals surface area contributed by atoms with Crippen molar-refractivity contribution in [1.29, 1.82) is 0 Å². The maximum Gasteiger partial charge on any atom is 0.274 e. The van der Waals surface area contributed by atoms with Gasteiger partial charge in [0.15, 0.2) is 0 Å². The van der Waals surface area contributed by atoms with Crippen molar-refractivity contribution in [3.8, 4) is 0 Å². The number of hydrogen-bond donors (Lipinski definition) is 3. The van der Waals surface area contributed by atoms with Crippen molar-refractivity contribution in [2.75, 3.05) is 6.54 Å². The molecule has 0 spiro atoms. The van der Waals surface area contributed by atoms with Crippen LogP contribution in [0.3, 0.4) is 0 Å². The van der Waals surface area contributed by atoms with Gasteiger partial charge in [-0.25, -0.2) is 5.14 Å². The maximum atomic E-state index is 10.2. The molecule has 64 valence electrons. The van der Waals surface area contributed by atoms with Gasteiger partial charge in [0.2, 0.25) is 0 Å². The minimum Gasteiger partial charge on any atom is -0.329 e. The smallest absolute Gasteiger partial charge is 0.274 e. The normalized spacial score (nSPS) is 13.9. The summed E-state index contributed by atoms with van der Waals surface area (Å²) >= 11 is 0. The van der Waals surface area contributed by atoms with Crippen LogP contribution in [0.4, 0.5) is 0 Å². The third-order valence-electron chi connectivity index (χ3n) is 0.719. The van der Waals surface area contributed by atoms with E-state index >= 15 is 0 Å². The third-order valence-corrected chi connectivity index (χ3v) is 1.45. The van der Waals surface area contributed by atoms with Crippen molar-refractivity contribution < 1.29 is 8.42 Å². The van der Waals surface area contributed by atoms with Gasteiger partial charge in [-0.3, -0.25) is 0 Å². The monoisotopic (exact) mass is 189 g/mol. The summed E-state index contributed by atoms with van der Waals surface area (Å²) in [5.41, 5.74) is 5.10. The molecule has 0 rings (SSSR count). The van der Waals surface area contributed by atoms with Crippen LogP contribution in [0.2, 0.25) is 0 Å². The highest BCUT2D eigenvalue weighted by Gasteiger charge is 2.05. The number of nitrogens with two attached hydrogens (primary N) is 2. The quantitative estimate of drug-likeness (QED) is 0.507. The second-order valence-corrected chi connectivity index (χ2v) is 3.13. The fourth-order valence-electron chi connectivity index (χ4n) is 0.329. The lowest BCUT2D eigenvalue weighted by Gasteiger charge is -2.06. The van der Waals surface area contributed by atoms with E-state index in [2.05, 4.69) is 9.86 Å². The molecular formula is C3H12ClN3O2S. The van der Waals surface area contributed by atoms with Crippen molar-refractivity contribution in [1.82, 2.24) is 4.72 Å². The van der Waals surface area contributed by atoms with Crippen LogP contribution >= 0.6 is 12.4 Å². The predicted octanol–water partition coefficient (Wildman–Crippen LogP) is -1.45. The number of halogens is 1. The zero-order valence-electron chi connectivity index (χ0n) is 5.57. The topological polar surface area (TPSA) is 98.2 Å². The molecule has 0 saturated carbocycles. The van der Waals surface area contributed by atoms with Crippen LogP contribution < -0.4 is 15.6 Å². The van der Waals surface area contributed by atoms with Crippen LogP contribution in [0.5, 0.6) is 0 Å². The van der Waals surface area contributed by atoms with Crippen molar-refractivity contribution >= 4 is 22.6 Å². The fraction of sp³-hybridized carbons (Fsp3) is 1.00. The Kier molecular flexibility index (Phi) is 6.21. The molecule has 0 bridgehead atoms. The molecule has 0 heterocycles. The van der Waals surface area contributed by atoms with E-state index in [1.807, 2.05) is 0 Å². The molecule has 5 N–H and O–H groups in total. The highest BCUT2D eigenvalue weighted by molar-refractivity contribution is 7.87. The van der Waals surface area contributed by atoms with E-state index in [9.17, 15) is 8.42 Å². The Morgan fingerprint density at radius 2 is 2.00 bits per heavy atom. The first-order valence-electron chi connectivity index (χ1n) is 2.46. The lowest BCUT2D eigenvalue weighted by atomic mass is 10.4. The lowest BCUT2D eigenvalue weighted by molar-refractivity contribution is 0.564. The Morgan fingerprint density at radius 3 is 2.10 bits per heavy atom. The molecule has 1 atom stereocenters. The number of hydrogen-bond acceptors (Lipinski definition) is 3. The number of nitrogens with one attached hydrogen (secondary N) is 1. The molecule has 0 aromatic rings. The van der Waals surface area contributed by atoms with Gasteiger partial charge < -0.3 is 5.73 Å². The summed E-state index contributed by atoms with van der Waals surface area (Å²) in [5, 5.41) is 4.62. The summed E-state index contributed by atoms with van der Waals surface area (Å²) in [7, 11) is -3.57. The minimum absolute atomic E-state index is 0. The van der Waals surface area contributed by atoms with Gasteiger partial charge in [0, 0.05) is 12.6 Å². The van der Waals surface area contributed by atoms with Crippen LogP contribution in [-0.2, 0) is 10.2 Å². The van der Waals surface area contributed by atoms with E-state index in [4.69, 9.17) is 5.73 Å². The Bertz CT molecular complexity index is 169. The molecule has 0 amide bonds. The van der Waals surface area contributed by atoms with Crippen molar-refractivity contribution in [3.05, 3.63) is 0 Å². The molecule has 0 aromatic heterocycles. The molecule has 5 nitrogen and oxygen atoms in total. The van der Waals surface area contributed by atoms with Crippen LogP contribution in [0.1, 0.15) is 6.92 Å². The maximum absolute atomic E-state index is 10.2. The van der Waals surface area contributed by atoms with Gasteiger partial charge in [-0.2, -0.15) is 13.1 Å². The first kappa shape index (κ1) is 12.8. The van der Waals surface area contributed by atoms with Crippen LogP contribution in [-0.4, -0.2) is 21.0 Å². The highest BCUT2D eigenvalue weighted by Crippen LogP contribution is 1.76. The summed E-state index contributed by atoms with van der Waals surface area (Å²) in [6, 6.07) is -0.292. The van der Waals surface area contributed by atoms with Crippen LogP contribution in [0.25, 0.3) is 0 Å². The van der Waals surface area contributed by atoms with E-state index in [0.717, 1.165) is 0 Å². The Morgan fingerprint density at radius 1 is 1.60 bits per heavy atom. The van der Waals surface area contributed by atoms with Gasteiger partial charge in [-0.05, 0) is 6.92 Å². The zero-order chi connectivity index (χ0) is 7.49. The van der Waals surface area contributed by atoms with Gasteiger partial charge in [0.25, 0.3) is 10.2 Å². The minimum atomic E-state index is -3.57. The molecule has 0 radical (unpaired) electrons. The van der Waals surface area contributed by atoms with E-state index in [1.54, 1.807) is 6.92 Å². The van der Waals surface area contributed by atoms with Gasteiger partial charge in [0.05, 0.1) is 0 Å². The van der Waals surface area contributed by atoms with Crippen molar-refractivity contribution in [3.63, 3.8) is 0 Å². The molecule has 0 saturated heterocycles. The van der Waals surface area contributed by atoms with E-state index < -0.39 is 10.2 Å². The lowest BCUT2D eigenvalue weighted by Crippen LogP contribution is -2.41. The van der Waals surface area contributed by atoms with Crippen molar-refractivity contribution in [2.45, 2.75) is 13.0 Å². The molecule has 7 heteroatoms. The molecule has 0 aliphatic rings. The van der Waals surface area contributed by atoms with Gasteiger partial charge in [0.1, 0.15) is 0 Å². The fourth-order valence-corrected chi connectivity index (χ4v) is 0.986. The molecule has 0 aliphatic carbocycles. The first-order chi connectivity index (χ1) is 3.95. The molecule has 1 unspecified atom stereocenters. The Hall–Kier alpha value is 0.120. The SMILES string of the molecule is CC(CN)NS(N)(=O)=O.Cl. The molecule has 0 fully saturated rings. The summed E-state index contributed by atoms with van der Waals surface area (Å²) < 4.78 is 22.5. The van der Waals surface area contributed by atoms with Crippen molar-refractivity contribution in [2.24, 2.45) is 10.9 Å². The Balaban J connectivity index is 0. The van der Waals surface area contributed by atoms with Crippen LogP contribution in [0, 0.1) is 0 Å². The van der Waals surface area contributed by atoms with E-state index in [0.29, 0.717) is 0 Å². The predicted molar refractivity (Wildman–Crippen MR) is 42.0 cm³/mol. The third kappa shape index (κ3) is 8.12. The Labute approximate surface area is 66.7 Å². The highest BCUT2D eigenvalue weighted by atomic mass is 35.5. The summed E-state index contributed by atoms with van der Waals surface area (Å²) in [4.78, 5) is 0. The standard InChI is InChI=1S/C3H11N3O2S.ClH/c1-3(2-4)6-9(5,7)8;/h3,6H,2,4H2,1H3,(H2,5,7,8);1H. The van der Waals surface area contributed by atoms with Crippen LogP contribution in [0.15, 0.2) is 0 Å². The molecule has 10 heavy (non-hydrogen) atoms. The summed E-state index contributed by atoms with van der Waals surface area (Å²) in [6.45, 7) is 1.88. The summed E-state index contributed by atoms with van der Waals surface area (Å²) in [6.07, 6.45) is 0. The van der Waals surface area contributed by atoms with Gasteiger partial charge >= 0.3 is 0 Å². The number of rotatable bonds is 3. The zero-order valence-corrected chi connectivity index (χ0v) is 7.21. The van der Waals surface area contributed by atoms with E-state index in [1.165, 1.54) is 0 Å².